The van der Waals surface area contributed by atoms with Crippen LogP contribution in [0, 0.1) is 5.41 Å². The largest absolute Gasteiger partial charge is 0.349 e. The number of carbonyl (C=O) groups excluding carboxylic acids is 1. The molecule has 7 nitrogen and oxygen atoms in total. The molecule has 2 rings (SSSR count). The molecule has 0 radical (unpaired) electrons. The summed E-state index contributed by atoms with van der Waals surface area (Å²) < 4.78 is 0. The summed E-state index contributed by atoms with van der Waals surface area (Å²) in [4.78, 5) is 11.6. The number of hydrogen-bond donors (Lipinski definition) is 3. The third-order valence-electron chi connectivity index (χ3n) is 3.03. The Labute approximate surface area is 93.4 Å². The van der Waals surface area contributed by atoms with Gasteiger partial charge in [-0.15, -0.1) is 10.2 Å². The highest BCUT2D eigenvalue weighted by atomic mass is 16.2. The van der Waals surface area contributed by atoms with E-state index < -0.39 is 0 Å². The lowest BCUT2D eigenvalue weighted by molar-refractivity contribution is 0.0912. The monoisotopic (exact) mass is 224 g/mol. The van der Waals surface area contributed by atoms with Gasteiger partial charge >= 0.3 is 0 Å². The van der Waals surface area contributed by atoms with Gasteiger partial charge in [-0.2, -0.15) is 5.21 Å². The van der Waals surface area contributed by atoms with Crippen molar-refractivity contribution < 1.29 is 4.79 Å². The second-order valence-electron chi connectivity index (χ2n) is 4.48. The smallest absolute Gasteiger partial charge is 0.292 e. The maximum Gasteiger partial charge on any atom is 0.292 e. The molecular weight excluding hydrogens is 208 g/mol. The molecule has 0 saturated carbocycles. The van der Waals surface area contributed by atoms with Gasteiger partial charge in [0.2, 0.25) is 0 Å². The summed E-state index contributed by atoms with van der Waals surface area (Å²) >= 11 is 0. The van der Waals surface area contributed by atoms with Crippen LogP contribution in [0.4, 0.5) is 0 Å². The second-order valence-corrected chi connectivity index (χ2v) is 4.48. The lowest BCUT2D eigenvalue weighted by Gasteiger charge is -2.33. The first-order valence-electron chi connectivity index (χ1n) is 5.42. The van der Waals surface area contributed by atoms with Crippen LogP contribution in [0.1, 0.15) is 30.4 Å². The van der Waals surface area contributed by atoms with Gasteiger partial charge < -0.3 is 10.6 Å². The molecule has 0 aliphatic carbocycles. The van der Waals surface area contributed by atoms with Gasteiger partial charge in [0.1, 0.15) is 0 Å². The minimum Gasteiger partial charge on any atom is -0.349 e. The molecule has 0 bridgehead atoms. The number of H-pyrrole nitrogens is 1. The van der Waals surface area contributed by atoms with E-state index in [0.29, 0.717) is 6.54 Å². The summed E-state index contributed by atoms with van der Waals surface area (Å²) in [6.45, 7) is 4.86. The number of tetrazole rings is 1. The summed E-state index contributed by atoms with van der Waals surface area (Å²) in [7, 11) is 0. The molecule has 1 amide bonds. The molecule has 1 aliphatic rings. The van der Waals surface area contributed by atoms with Crippen LogP contribution in [0.3, 0.4) is 0 Å². The van der Waals surface area contributed by atoms with Crippen LogP contribution in [0.2, 0.25) is 0 Å². The van der Waals surface area contributed by atoms with Crippen molar-refractivity contribution in [3.63, 3.8) is 0 Å². The first kappa shape index (κ1) is 11.0. The minimum absolute atomic E-state index is 0.0949. The highest BCUT2D eigenvalue weighted by Gasteiger charge is 2.27. The third-order valence-corrected chi connectivity index (χ3v) is 3.03. The first-order valence-corrected chi connectivity index (χ1v) is 5.42. The van der Waals surface area contributed by atoms with E-state index in [0.717, 1.165) is 25.9 Å². The average Bonchev–Trinajstić information content (AvgIpc) is 2.80. The first-order chi connectivity index (χ1) is 7.70. The Morgan fingerprint density at radius 2 is 2.25 bits per heavy atom. The fourth-order valence-corrected chi connectivity index (χ4v) is 1.84. The minimum atomic E-state index is -0.270. The van der Waals surface area contributed by atoms with Crippen molar-refractivity contribution in [1.82, 2.24) is 31.3 Å². The number of amides is 1. The van der Waals surface area contributed by atoms with Crippen molar-refractivity contribution in [3.8, 4) is 0 Å². The molecule has 7 heteroatoms. The van der Waals surface area contributed by atoms with Crippen molar-refractivity contribution in [2.45, 2.75) is 19.8 Å². The molecule has 1 aromatic rings. The number of aromatic nitrogens is 4. The summed E-state index contributed by atoms with van der Waals surface area (Å²) in [6.07, 6.45) is 2.14. The molecule has 88 valence electrons. The molecule has 1 fully saturated rings. The van der Waals surface area contributed by atoms with Gasteiger partial charge in [0.15, 0.2) is 0 Å². The molecule has 1 saturated heterocycles. The van der Waals surface area contributed by atoms with Crippen molar-refractivity contribution in [2.24, 2.45) is 5.41 Å². The van der Waals surface area contributed by atoms with Crippen molar-refractivity contribution in [1.29, 1.82) is 0 Å². The third kappa shape index (κ3) is 2.54. The Morgan fingerprint density at radius 3 is 2.88 bits per heavy atom. The second kappa shape index (κ2) is 4.56. The van der Waals surface area contributed by atoms with Gasteiger partial charge in [-0.1, -0.05) is 6.92 Å². The Morgan fingerprint density at radius 1 is 1.50 bits per heavy atom. The predicted octanol–water partition coefficient (Wildman–Crippen LogP) is -0.681. The van der Waals surface area contributed by atoms with E-state index in [-0.39, 0.29) is 17.1 Å². The topological polar surface area (TPSA) is 95.6 Å². The summed E-state index contributed by atoms with van der Waals surface area (Å²) in [5.41, 5.74) is 0.171. The van der Waals surface area contributed by atoms with Crippen molar-refractivity contribution in [2.75, 3.05) is 19.6 Å². The number of hydrogen-bond acceptors (Lipinski definition) is 5. The van der Waals surface area contributed by atoms with Crippen LogP contribution in [-0.2, 0) is 0 Å². The highest BCUT2D eigenvalue weighted by molar-refractivity contribution is 5.90. The zero-order valence-electron chi connectivity index (χ0n) is 9.29. The van der Waals surface area contributed by atoms with E-state index >= 15 is 0 Å². The van der Waals surface area contributed by atoms with Gasteiger partial charge in [0.05, 0.1) is 0 Å². The van der Waals surface area contributed by atoms with Crippen molar-refractivity contribution >= 4 is 5.91 Å². The number of piperidine rings is 1. The number of nitrogens with zero attached hydrogens (tertiary/aromatic N) is 3. The fourth-order valence-electron chi connectivity index (χ4n) is 1.84. The van der Waals surface area contributed by atoms with Crippen LogP contribution >= 0.6 is 0 Å². The Bertz CT molecular complexity index is 343. The molecule has 0 aromatic carbocycles. The number of carbonyl (C=O) groups is 1. The molecule has 1 aromatic heterocycles. The van der Waals surface area contributed by atoms with Crippen LogP contribution in [0.25, 0.3) is 0 Å². The summed E-state index contributed by atoms with van der Waals surface area (Å²) in [6, 6.07) is 0. The van der Waals surface area contributed by atoms with Crippen molar-refractivity contribution in [3.05, 3.63) is 5.82 Å². The van der Waals surface area contributed by atoms with Gasteiger partial charge in [-0.3, -0.25) is 4.79 Å². The maximum absolute atomic E-state index is 11.6. The predicted molar refractivity (Wildman–Crippen MR) is 56.7 cm³/mol. The van der Waals surface area contributed by atoms with Gasteiger partial charge in [0.25, 0.3) is 11.7 Å². The lowest BCUT2D eigenvalue weighted by atomic mass is 9.81. The van der Waals surface area contributed by atoms with E-state index in [4.69, 9.17) is 0 Å². The lowest BCUT2D eigenvalue weighted by Crippen LogP contribution is -2.43. The molecule has 0 spiro atoms. The standard InChI is InChI=1S/C9H16N6O/c1-9(2-4-10-5-3-9)6-11-8(16)7-12-14-15-13-7/h10H,2-6H2,1H3,(H,11,16)(H,12,13,14,15). The maximum atomic E-state index is 11.6. The fraction of sp³-hybridized carbons (Fsp3) is 0.778. The molecule has 1 aliphatic heterocycles. The SMILES string of the molecule is CC1(CNC(=O)c2nn[nH]n2)CCNCC1. The average molecular weight is 224 g/mol. The zero-order chi connectivity index (χ0) is 11.4. The van der Waals surface area contributed by atoms with E-state index in [2.05, 4.69) is 38.2 Å². The Balaban J connectivity index is 1.84. The summed E-state index contributed by atoms with van der Waals surface area (Å²) in [5, 5.41) is 19.0. The molecule has 2 heterocycles. The number of aromatic amines is 1. The molecule has 0 atom stereocenters. The number of rotatable bonds is 3. The number of nitrogens with one attached hydrogen (secondary N) is 3. The van der Waals surface area contributed by atoms with Crippen LogP contribution < -0.4 is 10.6 Å². The Hall–Kier alpha value is -1.50. The van der Waals surface area contributed by atoms with E-state index in [9.17, 15) is 4.79 Å². The molecule has 3 N–H and O–H groups in total. The Kier molecular flexibility index (Phi) is 3.14. The van der Waals surface area contributed by atoms with Crippen LogP contribution in [0.5, 0.6) is 0 Å². The van der Waals surface area contributed by atoms with Crippen LogP contribution in [0.15, 0.2) is 0 Å². The summed E-state index contributed by atoms with van der Waals surface area (Å²) in [5.74, 6) is -0.175. The molecule has 16 heavy (non-hydrogen) atoms. The van der Waals surface area contributed by atoms with Gasteiger partial charge in [-0.05, 0) is 36.6 Å². The normalized spacial score (nSPS) is 19.3. The van der Waals surface area contributed by atoms with Gasteiger partial charge in [-0.25, -0.2) is 0 Å². The van der Waals surface area contributed by atoms with Gasteiger partial charge in [0, 0.05) is 6.54 Å². The molecular formula is C9H16N6O. The van der Waals surface area contributed by atoms with E-state index in [1.54, 1.807) is 0 Å². The quantitative estimate of drug-likeness (QED) is 0.632. The highest BCUT2D eigenvalue weighted by Crippen LogP contribution is 2.26. The van der Waals surface area contributed by atoms with E-state index in [1.165, 1.54) is 0 Å². The van der Waals surface area contributed by atoms with E-state index in [1.807, 2.05) is 0 Å². The van der Waals surface area contributed by atoms with Crippen LogP contribution in [-0.4, -0.2) is 46.2 Å². The zero-order valence-corrected chi connectivity index (χ0v) is 9.29. The molecule has 0 unspecified atom stereocenters.